The number of rotatable bonds is 9. The van der Waals surface area contributed by atoms with Crippen molar-refractivity contribution >= 4 is 49.0 Å². The van der Waals surface area contributed by atoms with Gasteiger partial charge in [-0.3, -0.25) is 19.2 Å². The quantitative estimate of drug-likeness (QED) is 0.173. The van der Waals surface area contributed by atoms with Crippen LogP contribution < -0.4 is 10.6 Å². The Morgan fingerprint density at radius 3 is 1.30 bits per heavy atom. The summed E-state index contributed by atoms with van der Waals surface area (Å²) >= 11 is 7.50. The molecule has 0 aliphatic heterocycles. The topological polar surface area (TPSA) is 133 Å². The predicted octanol–water partition coefficient (Wildman–Crippen LogP) is -1.52. The maximum atomic E-state index is 11.4. The molecule has 114 valence electrons. The van der Waals surface area contributed by atoms with Gasteiger partial charge in [0.05, 0.1) is 0 Å². The van der Waals surface area contributed by atoms with Crippen molar-refractivity contribution in [3.8, 4) is 0 Å². The third-order valence-corrected chi connectivity index (χ3v) is 3.05. The average molecular weight is 324 g/mol. The second kappa shape index (κ2) is 9.48. The van der Waals surface area contributed by atoms with Crippen molar-refractivity contribution in [1.29, 1.82) is 0 Å². The van der Waals surface area contributed by atoms with Gasteiger partial charge in [0.1, 0.15) is 11.8 Å². The molecule has 10 heteroatoms. The number of carbonyl (C=O) groups is 4. The molecule has 0 aliphatic rings. The number of hydrogen-bond donors (Lipinski definition) is 6. The number of nitrogens with one attached hydrogen (secondary N) is 2. The highest BCUT2D eigenvalue weighted by Crippen LogP contribution is 2.00. The smallest absolute Gasteiger partial charge is 0.316 e. The normalized spacial score (nSPS) is 13.1. The van der Waals surface area contributed by atoms with E-state index >= 15 is 0 Å². The maximum absolute atomic E-state index is 11.4. The van der Waals surface area contributed by atoms with Crippen LogP contribution in [0.5, 0.6) is 0 Å². The van der Waals surface area contributed by atoms with Gasteiger partial charge < -0.3 is 20.8 Å². The third kappa shape index (κ3) is 6.15. The fourth-order valence-electron chi connectivity index (χ4n) is 1.16. The minimum absolute atomic E-state index is 0.0129. The van der Waals surface area contributed by atoms with Gasteiger partial charge in [0.25, 0.3) is 0 Å². The zero-order chi connectivity index (χ0) is 15.7. The number of thiol groups is 2. The first-order valence-corrected chi connectivity index (χ1v) is 6.84. The summed E-state index contributed by atoms with van der Waals surface area (Å²) in [5.74, 6) is -6.83. The zero-order valence-electron chi connectivity index (χ0n) is 10.4. The summed E-state index contributed by atoms with van der Waals surface area (Å²) in [5.41, 5.74) is 0. The van der Waals surface area contributed by atoms with E-state index in [1.54, 1.807) is 0 Å². The van der Waals surface area contributed by atoms with Crippen molar-refractivity contribution in [3.63, 3.8) is 0 Å². The lowest BCUT2D eigenvalue weighted by molar-refractivity contribution is -0.147. The largest absolute Gasteiger partial charge is 0.481 e. The first-order valence-electron chi connectivity index (χ1n) is 5.57. The molecule has 0 aromatic heterocycles. The number of amides is 2. The zero-order valence-corrected chi connectivity index (χ0v) is 12.2. The lowest BCUT2D eigenvalue weighted by atomic mass is 10.1. The van der Waals surface area contributed by atoms with Crippen LogP contribution in [0, 0.1) is 11.8 Å². The van der Waals surface area contributed by atoms with Gasteiger partial charge in [0, 0.05) is 24.6 Å². The number of carboxylic acid groups (broad SMARTS) is 2. The number of hydrogen-bond acceptors (Lipinski definition) is 6. The number of carbonyl (C=O) groups excluding carboxylic acids is 2. The molecule has 0 spiro atoms. The molecule has 0 heterocycles. The number of carboxylic acids is 2. The van der Waals surface area contributed by atoms with Gasteiger partial charge in [-0.05, 0) is 0 Å². The molecule has 0 saturated heterocycles. The summed E-state index contributed by atoms with van der Waals surface area (Å²) in [7, 11) is 0. The summed E-state index contributed by atoms with van der Waals surface area (Å²) in [6, 6.07) is 0. The van der Waals surface area contributed by atoms with Crippen LogP contribution >= 0.6 is 25.3 Å². The van der Waals surface area contributed by atoms with Crippen molar-refractivity contribution in [2.45, 2.75) is 0 Å². The molecule has 20 heavy (non-hydrogen) atoms. The van der Waals surface area contributed by atoms with Crippen molar-refractivity contribution in [1.82, 2.24) is 10.6 Å². The van der Waals surface area contributed by atoms with Crippen LogP contribution in [-0.4, -0.2) is 58.6 Å². The second-order valence-electron chi connectivity index (χ2n) is 3.73. The third-order valence-electron chi connectivity index (χ3n) is 2.32. The Morgan fingerprint density at radius 1 is 0.800 bits per heavy atom. The molecule has 0 aromatic rings. The summed E-state index contributed by atoms with van der Waals surface area (Å²) in [4.78, 5) is 44.1. The van der Waals surface area contributed by atoms with E-state index < -0.39 is 35.6 Å². The lowest BCUT2D eigenvalue weighted by Gasteiger charge is -2.12. The second-order valence-corrected chi connectivity index (χ2v) is 4.46. The van der Waals surface area contributed by atoms with Crippen molar-refractivity contribution in [2.24, 2.45) is 11.8 Å². The van der Waals surface area contributed by atoms with Gasteiger partial charge >= 0.3 is 11.9 Å². The van der Waals surface area contributed by atoms with E-state index in [-0.39, 0.29) is 24.6 Å². The van der Waals surface area contributed by atoms with E-state index in [4.69, 9.17) is 10.2 Å². The standard InChI is InChI=1S/C10H16N2O6S2/c13-7(5(3-19)9(15)16)11-1-2-12-8(14)6(4-20)10(17)18/h5-6,19-20H,1-4H2,(H,11,13)(H,12,14)(H,15,16)(H,17,18). The van der Waals surface area contributed by atoms with Gasteiger partial charge in [-0.2, -0.15) is 25.3 Å². The summed E-state index contributed by atoms with van der Waals surface area (Å²) in [6.45, 7) is -0.0257. The molecular weight excluding hydrogens is 308 g/mol. The first-order chi connectivity index (χ1) is 9.34. The van der Waals surface area contributed by atoms with Gasteiger partial charge in [0.2, 0.25) is 11.8 Å². The Bertz CT molecular complexity index is 354. The molecule has 0 saturated carbocycles. The Hall–Kier alpha value is -1.42. The lowest BCUT2D eigenvalue weighted by Crippen LogP contribution is -2.43. The van der Waals surface area contributed by atoms with Crippen LogP contribution in [0.4, 0.5) is 0 Å². The summed E-state index contributed by atoms with van der Waals surface area (Å²) in [6.07, 6.45) is 0. The number of aliphatic carboxylic acids is 2. The SMILES string of the molecule is O=C(O)C(CS)C(=O)NCCNC(=O)C(CS)C(=O)O. The molecule has 0 fully saturated rings. The van der Waals surface area contributed by atoms with Gasteiger partial charge in [-0.1, -0.05) is 0 Å². The fraction of sp³-hybridized carbons (Fsp3) is 0.600. The van der Waals surface area contributed by atoms with E-state index in [1.165, 1.54) is 0 Å². The summed E-state index contributed by atoms with van der Waals surface area (Å²) < 4.78 is 0. The molecule has 2 amide bonds. The van der Waals surface area contributed by atoms with E-state index in [9.17, 15) is 19.2 Å². The highest BCUT2D eigenvalue weighted by molar-refractivity contribution is 7.80. The van der Waals surface area contributed by atoms with E-state index in [0.29, 0.717) is 0 Å². The molecule has 2 unspecified atom stereocenters. The van der Waals surface area contributed by atoms with Crippen molar-refractivity contribution in [2.75, 3.05) is 24.6 Å². The van der Waals surface area contributed by atoms with Gasteiger partial charge in [-0.15, -0.1) is 0 Å². The maximum Gasteiger partial charge on any atom is 0.316 e. The van der Waals surface area contributed by atoms with Gasteiger partial charge in [0.15, 0.2) is 0 Å². The molecule has 0 radical (unpaired) electrons. The Labute approximate surface area is 126 Å². The highest BCUT2D eigenvalue weighted by Gasteiger charge is 2.25. The molecule has 0 bridgehead atoms. The Balaban J connectivity index is 4.08. The van der Waals surface area contributed by atoms with Crippen LogP contribution in [0.3, 0.4) is 0 Å². The molecule has 4 N–H and O–H groups in total. The van der Waals surface area contributed by atoms with Crippen LogP contribution in [-0.2, 0) is 19.2 Å². The van der Waals surface area contributed by atoms with Crippen LogP contribution in [0.2, 0.25) is 0 Å². The molecular formula is C10H16N2O6S2. The van der Waals surface area contributed by atoms with Crippen molar-refractivity contribution < 1.29 is 29.4 Å². The summed E-state index contributed by atoms with van der Waals surface area (Å²) in [5, 5.41) is 22.0. The molecule has 0 aromatic carbocycles. The minimum Gasteiger partial charge on any atom is -0.481 e. The van der Waals surface area contributed by atoms with Crippen LogP contribution in [0.1, 0.15) is 0 Å². The van der Waals surface area contributed by atoms with Crippen LogP contribution in [0.15, 0.2) is 0 Å². The average Bonchev–Trinajstić information content (AvgIpc) is 2.35. The molecule has 8 nitrogen and oxygen atoms in total. The van der Waals surface area contributed by atoms with Crippen molar-refractivity contribution in [3.05, 3.63) is 0 Å². The van der Waals surface area contributed by atoms with E-state index in [2.05, 4.69) is 35.9 Å². The molecule has 2 atom stereocenters. The van der Waals surface area contributed by atoms with Gasteiger partial charge in [-0.25, -0.2) is 0 Å². The fourth-order valence-corrected chi connectivity index (χ4v) is 1.81. The van der Waals surface area contributed by atoms with Crippen LogP contribution in [0.25, 0.3) is 0 Å². The Morgan fingerprint density at radius 2 is 1.10 bits per heavy atom. The highest BCUT2D eigenvalue weighted by atomic mass is 32.1. The monoisotopic (exact) mass is 324 g/mol. The molecule has 0 aliphatic carbocycles. The Kier molecular flexibility index (Phi) is 8.81. The minimum atomic E-state index is -1.29. The van der Waals surface area contributed by atoms with E-state index in [1.807, 2.05) is 0 Å². The first kappa shape index (κ1) is 18.6. The van der Waals surface area contributed by atoms with E-state index in [0.717, 1.165) is 0 Å². The predicted molar refractivity (Wildman–Crippen MR) is 76.0 cm³/mol. The molecule has 0 rings (SSSR count).